The SMILES string of the molecule is CC(C)c1cc(-c2ccccc2)cc(C(C)C)c1-n1c(-c2[c-]c(-c3cccc(-c4ccccc4O)n3)ccc2)nc2cc[c]([Ge]([CH3])([CH3])[CH3])cc21.[Pt]. The minimum Gasteiger partial charge on any atom is 0 e. The van der Waals surface area contributed by atoms with Crippen LogP contribution in [0.25, 0.3) is 61.8 Å². The number of hydrogen-bond acceptors (Lipinski definition) is 3. The normalized spacial score (nSPS) is 11.7. The first-order valence-electron chi connectivity index (χ1n) is 17.5. The molecule has 51 heavy (non-hydrogen) atoms. The molecule has 0 fully saturated rings. The van der Waals surface area contributed by atoms with E-state index in [4.69, 9.17) is 9.97 Å². The fraction of sp³-hybridized carbons (Fsp3) is 0.200. The molecule has 7 aromatic rings. The fourth-order valence-electron chi connectivity index (χ4n) is 6.74. The monoisotopic (exact) mass is 911 g/mol. The molecule has 0 unspecified atom stereocenters. The van der Waals surface area contributed by atoms with Crippen molar-refractivity contribution in [1.29, 1.82) is 0 Å². The number of para-hydroxylation sites is 1. The molecule has 0 radical (unpaired) electrons. The van der Waals surface area contributed by atoms with E-state index in [1.54, 1.807) is 6.07 Å². The van der Waals surface area contributed by atoms with Gasteiger partial charge in [-0.2, -0.15) is 0 Å². The van der Waals surface area contributed by atoms with Crippen LogP contribution in [0.4, 0.5) is 0 Å². The smallest absolute Gasteiger partial charge is 0 e. The number of phenolic OH excluding ortho intramolecular Hbond substituents is 1. The molecule has 0 aliphatic carbocycles. The van der Waals surface area contributed by atoms with Gasteiger partial charge in [0.05, 0.1) is 0 Å². The van der Waals surface area contributed by atoms with Crippen molar-refractivity contribution in [3.05, 3.63) is 139 Å². The van der Waals surface area contributed by atoms with E-state index < -0.39 is 13.3 Å². The zero-order valence-corrected chi connectivity index (χ0v) is 34.7. The Balaban J connectivity index is 0.00000448. The second-order valence-electron chi connectivity index (χ2n) is 14.8. The summed E-state index contributed by atoms with van der Waals surface area (Å²) in [6.07, 6.45) is 0. The molecule has 7 rings (SSSR count). The van der Waals surface area contributed by atoms with Crippen molar-refractivity contribution >= 4 is 28.7 Å². The van der Waals surface area contributed by atoms with Gasteiger partial charge in [-0.15, -0.1) is 0 Å². The van der Waals surface area contributed by atoms with Crippen molar-refractivity contribution in [2.75, 3.05) is 0 Å². The molecule has 0 saturated heterocycles. The first-order chi connectivity index (χ1) is 24.0. The number of hydrogen-bond donors (Lipinski definition) is 1. The summed E-state index contributed by atoms with van der Waals surface area (Å²) in [6.45, 7) is 9.18. The number of aromatic hydroxyl groups is 1. The van der Waals surface area contributed by atoms with Crippen LogP contribution in [0.3, 0.4) is 0 Å². The van der Waals surface area contributed by atoms with Gasteiger partial charge < -0.3 is 5.11 Å². The zero-order chi connectivity index (χ0) is 35.2. The van der Waals surface area contributed by atoms with Crippen molar-refractivity contribution in [1.82, 2.24) is 14.5 Å². The maximum Gasteiger partial charge on any atom is 0 e. The predicted octanol–water partition coefficient (Wildman–Crippen LogP) is 11.4. The van der Waals surface area contributed by atoms with E-state index in [2.05, 4.69) is 128 Å². The van der Waals surface area contributed by atoms with Crippen LogP contribution in [0, 0.1) is 6.07 Å². The van der Waals surface area contributed by atoms with Gasteiger partial charge in [-0.1, -0.05) is 12.1 Å². The maximum absolute atomic E-state index is 10.5. The van der Waals surface area contributed by atoms with Crippen molar-refractivity contribution < 1.29 is 26.2 Å². The number of rotatable bonds is 8. The van der Waals surface area contributed by atoms with Crippen LogP contribution in [0.5, 0.6) is 5.75 Å². The van der Waals surface area contributed by atoms with E-state index in [0.29, 0.717) is 11.3 Å². The first kappa shape index (κ1) is 36.5. The second-order valence-corrected chi connectivity index (χ2v) is 25.5. The quantitative estimate of drug-likeness (QED) is 0.122. The minimum atomic E-state index is -2.20. The molecule has 4 nitrogen and oxygen atoms in total. The molecular formula is C45H44GeN3OPt-. The Hall–Kier alpha value is -4.25. The largest absolute Gasteiger partial charge is 0 e. The number of fused-ring (bicyclic) bond motifs is 1. The molecule has 2 aromatic heterocycles. The number of aromatic nitrogens is 3. The van der Waals surface area contributed by atoms with Gasteiger partial charge >= 0.3 is 265 Å². The molecular weight excluding hydrogens is 866 g/mol. The molecule has 260 valence electrons. The summed E-state index contributed by atoms with van der Waals surface area (Å²) in [6, 6.07) is 45.6. The van der Waals surface area contributed by atoms with Crippen molar-refractivity contribution in [2.45, 2.75) is 56.8 Å². The van der Waals surface area contributed by atoms with Gasteiger partial charge in [0, 0.05) is 21.1 Å². The van der Waals surface area contributed by atoms with E-state index in [0.717, 1.165) is 33.7 Å². The van der Waals surface area contributed by atoms with Crippen LogP contribution in [0.15, 0.2) is 121 Å². The number of phenols is 1. The maximum atomic E-state index is 10.5. The number of pyridine rings is 1. The van der Waals surface area contributed by atoms with Crippen LogP contribution in [0.2, 0.25) is 17.3 Å². The number of benzene rings is 5. The molecule has 6 heteroatoms. The van der Waals surface area contributed by atoms with Crippen LogP contribution < -0.4 is 4.40 Å². The summed E-state index contributed by atoms with van der Waals surface area (Å²) in [5.41, 5.74) is 12.4. The van der Waals surface area contributed by atoms with Crippen LogP contribution in [-0.4, -0.2) is 32.9 Å². The minimum absolute atomic E-state index is 0. The molecule has 0 bridgehead atoms. The Morgan fingerprint density at radius 3 is 1.92 bits per heavy atom. The van der Waals surface area contributed by atoms with Gasteiger partial charge in [0.2, 0.25) is 0 Å². The van der Waals surface area contributed by atoms with Gasteiger partial charge in [-0.05, 0) is 12.1 Å². The summed E-state index contributed by atoms with van der Waals surface area (Å²) < 4.78 is 3.87. The van der Waals surface area contributed by atoms with Gasteiger partial charge in [-0.25, -0.2) is 0 Å². The average molecular weight is 911 g/mol. The van der Waals surface area contributed by atoms with Crippen LogP contribution in [0.1, 0.15) is 50.7 Å². The summed E-state index contributed by atoms with van der Waals surface area (Å²) in [5.74, 6) is 8.97. The third-order valence-electron chi connectivity index (χ3n) is 9.51. The Morgan fingerprint density at radius 1 is 0.627 bits per heavy atom. The van der Waals surface area contributed by atoms with Gasteiger partial charge in [0.15, 0.2) is 0 Å². The second kappa shape index (κ2) is 14.8. The molecule has 0 aliphatic heterocycles. The summed E-state index contributed by atoms with van der Waals surface area (Å²) in [4.78, 5) is 10.3. The molecule has 1 N–H and O–H groups in total. The molecule has 0 aliphatic rings. The molecule has 0 atom stereocenters. The standard InChI is InChI=1S/C45H44GeN3O.Pt/c1-29(2)37-26-34(31-15-9-8-10-16-31)27-38(30(3)4)44(37)49-42-28-35(46(5,6)7)23-24-41(42)48-45(49)33-18-13-17-32(25-33)39-20-14-21-40(47-39)36-19-11-12-22-43(36)50;/h8-24,26-30,50H,1-7H3;/q-1;. The van der Waals surface area contributed by atoms with Crippen LogP contribution in [-0.2, 0) is 21.1 Å². The topological polar surface area (TPSA) is 50.9 Å². The average Bonchev–Trinajstić information content (AvgIpc) is 3.50. The Bertz CT molecular complexity index is 2310. The zero-order valence-electron chi connectivity index (χ0n) is 30.3. The third kappa shape index (κ3) is 7.27. The van der Waals surface area contributed by atoms with E-state index in [9.17, 15) is 5.11 Å². The van der Waals surface area contributed by atoms with Gasteiger partial charge in [0.25, 0.3) is 0 Å². The Kier molecular flexibility index (Phi) is 10.6. The Morgan fingerprint density at radius 2 is 1.25 bits per heavy atom. The van der Waals surface area contributed by atoms with E-state index >= 15 is 0 Å². The molecule has 2 heterocycles. The van der Waals surface area contributed by atoms with Crippen molar-refractivity contribution in [3.8, 4) is 56.5 Å². The van der Waals surface area contributed by atoms with Crippen LogP contribution >= 0.6 is 0 Å². The molecule has 0 spiro atoms. The van der Waals surface area contributed by atoms with Gasteiger partial charge in [-0.3, -0.25) is 0 Å². The fourth-order valence-corrected chi connectivity index (χ4v) is 9.16. The van der Waals surface area contributed by atoms with E-state index in [1.165, 1.54) is 32.3 Å². The van der Waals surface area contributed by atoms with Crippen molar-refractivity contribution in [3.63, 3.8) is 0 Å². The first-order valence-corrected chi connectivity index (χ1v) is 24.9. The Labute approximate surface area is 319 Å². The molecule has 0 amide bonds. The number of nitrogens with zero attached hydrogens (tertiary/aromatic N) is 3. The third-order valence-corrected chi connectivity index (χ3v) is 13.8. The van der Waals surface area contributed by atoms with Crippen molar-refractivity contribution in [2.24, 2.45) is 0 Å². The predicted molar refractivity (Wildman–Crippen MR) is 212 cm³/mol. The molecule has 5 aromatic carbocycles. The number of imidazole rings is 1. The van der Waals surface area contributed by atoms with E-state index in [-0.39, 0.29) is 38.7 Å². The van der Waals surface area contributed by atoms with E-state index in [1.807, 2.05) is 42.5 Å². The summed E-state index contributed by atoms with van der Waals surface area (Å²) in [5, 5.41) is 10.5. The summed E-state index contributed by atoms with van der Waals surface area (Å²) >= 11 is -2.20. The summed E-state index contributed by atoms with van der Waals surface area (Å²) in [7, 11) is 0. The van der Waals surface area contributed by atoms with Gasteiger partial charge in [0.1, 0.15) is 5.75 Å². The molecule has 0 saturated carbocycles.